The average Bonchev–Trinajstić information content (AvgIpc) is 2.48. The van der Waals surface area contributed by atoms with Gasteiger partial charge in [0.25, 0.3) is 0 Å². The van der Waals surface area contributed by atoms with E-state index in [1.54, 1.807) is 4.90 Å². The summed E-state index contributed by atoms with van der Waals surface area (Å²) in [7, 11) is 0. The first kappa shape index (κ1) is 15.0. The van der Waals surface area contributed by atoms with E-state index in [9.17, 15) is 22.0 Å². The van der Waals surface area contributed by atoms with Gasteiger partial charge in [-0.3, -0.25) is 0 Å². The van der Waals surface area contributed by atoms with Gasteiger partial charge >= 0.3 is 6.18 Å². The highest BCUT2D eigenvalue weighted by Crippen LogP contribution is 2.33. The van der Waals surface area contributed by atoms with Crippen LogP contribution in [-0.4, -0.2) is 24.0 Å². The lowest BCUT2D eigenvalue weighted by atomic mass is 10.1. The van der Waals surface area contributed by atoms with Crippen LogP contribution in [0.25, 0.3) is 0 Å². The van der Waals surface area contributed by atoms with Crippen molar-refractivity contribution in [3.63, 3.8) is 0 Å². The number of aromatic nitrogens is 1. The van der Waals surface area contributed by atoms with Crippen molar-refractivity contribution in [3.05, 3.63) is 23.4 Å². The number of rotatable bonds is 1. The number of halogens is 5. The van der Waals surface area contributed by atoms with E-state index < -0.39 is 17.7 Å². The zero-order chi connectivity index (χ0) is 15.0. The van der Waals surface area contributed by atoms with E-state index in [-0.39, 0.29) is 25.1 Å². The zero-order valence-electron chi connectivity index (χ0n) is 11.0. The van der Waals surface area contributed by atoms with Crippen LogP contribution >= 0.6 is 0 Å². The first-order chi connectivity index (χ1) is 9.19. The molecule has 112 valence electrons. The van der Waals surface area contributed by atoms with Crippen molar-refractivity contribution < 1.29 is 22.0 Å². The molecule has 2 rings (SSSR count). The topological polar surface area (TPSA) is 16.1 Å². The Morgan fingerprint density at radius 1 is 1.15 bits per heavy atom. The molecule has 0 unspecified atom stereocenters. The third-order valence-corrected chi connectivity index (χ3v) is 3.42. The second-order valence-corrected chi connectivity index (χ2v) is 5.00. The van der Waals surface area contributed by atoms with Gasteiger partial charge in [0.2, 0.25) is 5.92 Å². The Kier molecular flexibility index (Phi) is 3.88. The molecular weight excluding hydrogens is 279 g/mol. The summed E-state index contributed by atoms with van der Waals surface area (Å²) in [6.45, 7) is 1.76. The maximum absolute atomic E-state index is 13.3. The number of alkyl halides is 5. The molecule has 1 aliphatic heterocycles. The van der Waals surface area contributed by atoms with Crippen LogP contribution < -0.4 is 4.90 Å². The van der Waals surface area contributed by atoms with Gasteiger partial charge in [0, 0.05) is 25.9 Å². The molecule has 0 saturated carbocycles. The number of hydrogen-bond acceptors (Lipinski definition) is 2. The van der Waals surface area contributed by atoms with Crippen molar-refractivity contribution in [3.8, 4) is 0 Å². The molecule has 1 fully saturated rings. The highest BCUT2D eigenvalue weighted by Gasteiger charge is 2.34. The van der Waals surface area contributed by atoms with E-state index in [2.05, 4.69) is 4.98 Å². The maximum atomic E-state index is 13.3. The van der Waals surface area contributed by atoms with E-state index in [4.69, 9.17) is 0 Å². The predicted octanol–water partition coefficient (Wildman–Crippen LogP) is 4.03. The Bertz CT molecular complexity index is 484. The summed E-state index contributed by atoms with van der Waals surface area (Å²) in [5, 5.41) is 0. The normalized spacial score (nSPS) is 19.8. The zero-order valence-corrected chi connectivity index (χ0v) is 11.0. The van der Waals surface area contributed by atoms with E-state index in [0.717, 1.165) is 6.07 Å². The standard InChI is InChI=1S/C13H15F5N2/c1-9-10(13(16,17)18)3-4-11(19-9)20-7-2-5-12(14,15)6-8-20/h3-4H,2,5-8H2,1H3. The largest absolute Gasteiger partial charge is 0.418 e. The molecule has 2 nitrogen and oxygen atoms in total. The fourth-order valence-electron chi connectivity index (χ4n) is 2.32. The van der Waals surface area contributed by atoms with Gasteiger partial charge in [0.15, 0.2) is 0 Å². The Hall–Kier alpha value is -1.40. The van der Waals surface area contributed by atoms with Crippen LogP contribution in [0.2, 0.25) is 0 Å². The van der Waals surface area contributed by atoms with Crippen LogP contribution in [-0.2, 0) is 6.18 Å². The summed E-state index contributed by atoms with van der Waals surface area (Å²) < 4.78 is 64.4. The lowest BCUT2D eigenvalue weighted by Crippen LogP contribution is -2.27. The molecule has 0 N–H and O–H groups in total. The summed E-state index contributed by atoms with van der Waals surface area (Å²) in [6.07, 6.45) is -4.63. The smallest absolute Gasteiger partial charge is 0.356 e. The lowest BCUT2D eigenvalue weighted by Gasteiger charge is -2.22. The number of anilines is 1. The first-order valence-electron chi connectivity index (χ1n) is 6.37. The molecule has 0 aromatic carbocycles. The van der Waals surface area contributed by atoms with Crippen LogP contribution in [0.4, 0.5) is 27.8 Å². The molecular formula is C13H15F5N2. The minimum Gasteiger partial charge on any atom is -0.356 e. The van der Waals surface area contributed by atoms with Crippen molar-refractivity contribution in [1.82, 2.24) is 4.98 Å². The minimum absolute atomic E-state index is 0.102. The van der Waals surface area contributed by atoms with Gasteiger partial charge in [-0.15, -0.1) is 0 Å². The number of hydrogen-bond donors (Lipinski definition) is 0. The van der Waals surface area contributed by atoms with Gasteiger partial charge in [-0.05, 0) is 25.5 Å². The summed E-state index contributed by atoms with van der Waals surface area (Å²) in [6, 6.07) is 2.21. The molecule has 0 aliphatic carbocycles. The second kappa shape index (κ2) is 5.18. The molecule has 2 heterocycles. The van der Waals surface area contributed by atoms with Crippen molar-refractivity contribution in [2.75, 3.05) is 18.0 Å². The van der Waals surface area contributed by atoms with Gasteiger partial charge < -0.3 is 4.90 Å². The third kappa shape index (κ3) is 3.37. The maximum Gasteiger partial charge on any atom is 0.418 e. The van der Waals surface area contributed by atoms with Crippen molar-refractivity contribution in [2.24, 2.45) is 0 Å². The number of aryl methyl sites for hydroxylation is 1. The quantitative estimate of drug-likeness (QED) is 0.727. The highest BCUT2D eigenvalue weighted by atomic mass is 19.4. The number of pyridine rings is 1. The predicted molar refractivity (Wildman–Crippen MR) is 65.0 cm³/mol. The Labute approximate surface area is 113 Å². The van der Waals surface area contributed by atoms with E-state index in [1.807, 2.05) is 0 Å². The van der Waals surface area contributed by atoms with Gasteiger partial charge in [-0.25, -0.2) is 13.8 Å². The lowest BCUT2D eigenvalue weighted by molar-refractivity contribution is -0.138. The summed E-state index contributed by atoms with van der Waals surface area (Å²) in [5.74, 6) is -2.37. The third-order valence-electron chi connectivity index (χ3n) is 3.42. The SMILES string of the molecule is Cc1nc(N2CCCC(F)(F)CC2)ccc1C(F)(F)F. The molecule has 0 bridgehead atoms. The fourth-order valence-corrected chi connectivity index (χ4v) is 2.32. The first-order valence-corrected chi connectivity index (χ1v) is 6.37. The van der Waals surface area contributed by atoms with Crippen LogP contribution in [0.1, 0.15) is 30.5 Å². The van der Waals surface area contributed by atoms with Gasteiger partial charge in [0.05, 0.1) is 11.3 Å². The van der Waals surface area contributed by atoms with Crippen LogP contribution in [0.3, 0.4) is 0 Å². The molecule has 0 amide bonds. The van der Waals surface area contributed by atoms with Gasteiger partial charge in [0.1, 0.15) is 5.82 Å². The van der Waals surface area contributed by atoms with Crippen LogP contribution in [0.5, 0.6) is 0 Å². The highest BCUT2D eigenvalue weighted by molar-refractivity contribution is 5.42. The van der Waals surface area contributed by atoms with Crippen LogP contribution in [0.15, 0.2) is 12.1 Å². The average molecular weight is 294 g/mol. The van der Waals surface area contributed by atoms with Crippen LogP contribution in [0, 0.1) is 6.92 Å². The minimum atomic E-state index is -4.44. The molecule has 1 saturated heterocycles. The monoisotopic (exact) mass is 294 g/mol. The number of nitrogens with zero attached hydrogens (tertiary/aromatic N) is 2. The Morgan fingerprint density at radius 2 is 1.85 bits per heavy atom. The van der Waals surface area contributed by atoms with Gasteiger partial charge in [-0.1, -0.05) is 0 Å². The molecule has 7 heteroatoms. The summed E-state index contributed by atoms with van der Waals surface area (Å²) in [4.78, 5) is 5.53. The van der Waals surface area contributed by atoms with Crippen molar-refractivity contribution in [1.29, 1.82) is 0 Å². The molecule has 0 atom stereocenters. The van der Waals surface area contributed by atoms with Crippen molar-refractivity contribution >= 4 is 5.82 Å². The second-order valence-electron chi connectivity index (χ2n) is 5.00. The molecule has 1 aromatic heterocycles. The Morgan fingerprint density at radius 3 is 2.45 bits per heavy atom. The van der Waals surface area contributed by atoms with Crippen molar-refractivity contribution in [2.45, 2.75) is 38.3 Å². The molecule has 20 heavy (non-hydrogen) atoms. The molecule has 1 aliphatic rings. The Balaban J connectivity index is 2.20. The van der Waals surface area contributed by atoms with E-state index in [0.29, 0.717) is 18.8 Å². The summed E-state index contributed by atoms with van der Waals surface area (Å²) in [5.41, 5.74) is -0.924. The fraction of sp³-hybridized carbons (Fsp3) is 0.615. The molecule has 0 spiro atoms. The van der Waals surface area contributed by atoms with E-state index >= 15 is 0 Å². The van der Waals surface area contributed by atoms with E-state index in [1.165, 1.54) is 13.0 Å². The molecule has 0 radical (unpaired) electrons. The molecule has 1 aromatic rings. The summed E-state index contributed by atoms with van der Waals surface area (Å²) >= 11 is 0. The van der Waals surface area contributed by atoms with Gasteiger partial charge in [-0.2, -0.15) is 13.2 Å².